The predicted octanol–water partition coefficient (Wildman–Crippen LogP) is 5.79. The number of anilines is 1. The average molecular weight is 497 g/mol. The molecule has 2 heterocycles. The van der Waals surface area contributed by atoms with E-state index in [1.165, 1.54) is 17.3 Å². The highest BCUT2D eigenvalue weighted by atomic mass is 32.2. The molecule has 0 spiro atoms. The minimum atomic E-state index is -0.569. The number of aryl methyl sites for hydroxylation is 3. The van der Waals surface area contributed by atoms with Crippen molar-refractivity contribution in [2.45, 2.75) is 44.9 Å². The molecule has 0 fully saturated rings. The monoisotopic (exact) mass is 496 g/mol. The Balaban J connectivity index is 1.34. The first-order valence-electron chi connectivity index (χ1n) is 12.0. The summed E-state index contributed by atoms with van der Waals surface area (Å²) in [7, 11) is 0. The van der Waals surface area contributed by atoms with Crippen molar-refractivity contribution in [2.24, 2.45) is 10.1 Å². The fourth-order valence-electron chi connectivity index (χ4n) is 4.47. The zero-order chi connectivity index (χ0) is 25.2. The van der Waals surface area contributed by atoms with E-state index in [0.29, 0.717) is 11.6 Å². The van der Waals surface area contributed by atoms with Crippen LogP contribution in [0.15, 0.2) is 82.9 Å². The van der Waals surface area contributed by atoms with Gasteiger partial charge in [0.1, 0.15) is 5.25 Å². The number of hydrogen-bond donors (Lipinski definition) is 1. The van der Waals surface area contributed by atoms with E-state index in [4.69, 9.17) is 5.10 Å². The first-order chi connectivity index (χ1) is 17.4. The lowest BCUT2D eigenvalue weighted by molar-refractivity contribution is -0.121. The number of carbonyl (C=O) groups excluding carboxylic acids is 2. The second-order valence-corrected chi connectivity index (χ2v) is 10.5. The van der Waals surface area contributed by atoms with Crippen molar-refractivity contribution in [1.82, 2.24) is 5.01 Å². The summed E-state index contributed by atoms with van der Waals surface area (Å²) in [5.74, 6) is -0.494. The Morgan fingerprint density at radius 1 is 1.00 bits per heavy atom. The second kappa shape index (κ2) is 10.1. The zero-order valence-electron chi connectivity index (χ0n) is 20.6. The van der Waals surface area contributed by atoms with E-state index in [-0.39, 0.29) is 24.3 Å². The van der Waals surface area contributed by atoms with Crippen molar-refractivity contribution >= 4 is 40.1 Å². The number of carbonyl (C=O) groups is 2. The molecule has 5 rings (SSSR count). The van der Waals surface area contributed by atoms with Gasteiger partial charge in [0.2, 0.25) is 5.91 Å². The maximum atomic E-state index is 12.8. The third-order valence-electron chi connectivity index (χ3n) is 6.43. The van der Waals surface area contributed by atoms with Gasteiger partial charge in [0.15, 0.2) is 5.17 Å². The van der Waals surface area contributed by atoms with Crippen molar-refractivity contribution in [3.8, 4) is 0 Å². The molecule has 7 heteroatoms. The number of amides is 2. The summed E-state index contributed by atoms with van der Waals surface area (Å²) >= 11 is 1.32. The first-order valence-corrected chi connectivity index (χ1v) is 12.9. The number of rotatable bonds is 5. The van der Waals surface area contributed by atoms with Crippen LogP contribution in [0.4, 0.5) is 5.69 Å². The molecule has 0 saturated carbocycles. The van der Waals surface area contributed by atoms with Crippen LogP contribution in [0.2, 0.25) is 0 Å². The smallest absolute Gasteiger partial charge is 0.262 e. The highest BCUT2D eigenvalue weighted by Gasteiger charge is 2.39. The van der Waals surface area contributed by atoms with E-state index < -0.39 is 5.25 Å². The number of nitrogens with one attached hydrogen (secondary N) is 1. The van der Waals surface area contributed by atoms with Gasteiger partial charge in [-0.1, -0.05) is 89.6 Å². The van der Waals surface area contributed by atoms with Crippen LogP contribution in [0.3, 0.4) is 0 Å². The molecule has 0 aliphatic carbocycles. The molecule has 2 aliphatic rings. The van der Waals surface area contributed by atoms with E-state index in [0.717, 1.165) is 33.7 Å². The highest BCUT2D eigenvalue weighted by Crippen LogP contribution is 2.38. The number of benzene rings is 3. The molecule has 0 unspecified atom stereocenters. The van der Waals surface area contributed by atoms with Crippen LogP contribution in [0.5, 0.6) is 0 Å². The van der Waals surface area contributed by atoms with Gasteiger partial charge in [-0.15, -0.1) is 0 Å². The summed E-state index contributed by atoms with van der Waals surface area (Å²) in [4.78, 5) is 29.9. The number of hydrogen-bond acceptors (Lipinski definition) is 5. The van der Waals surface area contributed by atoms with Crippen LogP contribution in [0, 0.1) is 20.8 Å². The zero-order valence-corrected chi connectivity index (χ0v) is 21.4. The van der Waals surface area contributed by atoms with Gasteiger partial charge in [0, 0.05) is 18.5 Å². The molecule has 6 nitrogen and oxygen atoms in total. The minimum absolute atomic E-state index is 0.0577. The van der Waals surface area contributed by atoms with Crippen molar-refractivity contribution in [3.63, 3.8) is 0 Å². The van der Waals surface area contributed by atoms with Gasteiger partial charge in [0.05, 0.1) is 11.8 Å². The second-order valence-electron chi connectivity index (χ2n) is 9.30. The molecule has 182 valence electrons. The number of amidine groups is 1. The van der Waals surface area contributed by atoms with E-state index >= 15 is 0 Å². The van der Waals surface area contributed by atoms with Crippen LogP contribution in [-0.4, -0.2) is 33.0 Å². The van der Waals surface area contributed by atoms with Gasteiger partial charge < -0.3 is 5.32 Å². The molecular weight excluding hydrogens is 468 g/mol. The largest absolute Gasteiger partial charge is 0.326 e. The molecule has 0 bridgehead atoms. The molecule has 0 radical (unpaired) electrons. The lowest BCUT2D eigenvalue weighted by Gasteiger charge is -2.23. The third kappa shape index (κ3) is 5.11. The van der Waals surface area contributed by atoms with Crippen LogP contribution in [-0.2, 0) is 9.59 Å². The first kappa shape index (κ1) is 24.0. The SMILES string of the molecule is Cc1ccc([C@@H]2CC(c3ccccc3)=NN2C2=NC(=O)[C@@H](CC(=O)Nc3ccc(C)cc3C)S2)cc1. The molecule has 2 amide bonds. The fourth-order valence-corrected chi connectivity index (χ4v) is 5.53. The van der Waals surface area contributed by atoms with E-state index in [9.17, 15) is 9.59 Å². The lowest BCUT2D eigenvalue weighted by atomic mass is 9.98. The van der Waals surface area contributed by atoms with Gasteiger partial charge in [-0.05, 0) is 43.5 Å². The maximum Gasteiger partial charge on any atom is 0.262 e. The Hall–Kier alpha value is -3.71. The molecule has 2 aliphatic heterocycles. The molecule has 1 N–H and O–H groups in total. The number of nitrogens with zero attached hydrogens (tertiary/aromatic N) is 3. The summed E-state index contributed by atoms with van der Waals surface area (Å²) < 4.78 is 0. The van der Waals surface area contributed by atoms with Crippen LogP contribution in [0.1, 0.15) is 46.7 Å². The fraction of sp³-hybridized carbons (Fsp3) is 0.241. The Labute approximate surface area is 215 Å². The van der Waals surface area contributed by atoms with Crippen LogP contribution in [0.25, 0.3) is 0 Å². The van der Waals surface area contributed by atoms with Crippen molar-refractivity contribution in [3.05, 3.63) is 101 Å². The van der Waals surface area contributed by atoms with Gasteiger partial charge in [-0.25, -0.2) is 5.01 Å². The van der Waals surface area contributed by atoms with Gasteiger partial charge in [-0.3, -0.25) is 9.59 Å². The molecular formula is C29H28N4O2S. The highest BCUT2D eigenvalue weighted by molar-refractivity contribution is 8.15. The lowest BCUT2D eigenvalue weighted by Crippen LogP contribution is -2.25. The molecule has 0 saturated heterocycles. The summed E-state index contributed by atoms with van der Waals surface area (Å²) in [5, 5.41) is 9.67. The van der Waals surface area contributed by atoms with E-state index in [1.54, 1.807) is 0 Å². The van der Waals surface area contributed by atoms with Crippen molar-refractivity contribution in [1.29, 1.82) is 0 Å². The standard InChI is InChI=1S/C29H28N4O2S/c1-18-9-12-22(13-10-18)25-16-24(21-7-5-4-6-8-21)32-33(25)29-31-28(35)26(36-29)17-27(34)30-23-14-11-19(2)15-20(23)3/h4-15,25-26H,16-17H2,1-3H3,(H,30,34)/t25-,26+/m0/s1. The number of hydrazone groups is 1. The number of thioether (sulfide) groups is 1. The molecule has 2 atom stereocenters. The van der Waals surface area contributed by atoms with Gasteiger partial charge in [0.25, 0.3) is 5.91 Å². The summed E-state index contributed by atoms with van der Waals surface area (Å²) in [6.45, 7) is 6.03. The maximum absolute atomic E-state index is 12.8. The Morgan fingerprint density at radius 3 is 2.44 bits per heavy atom. The van der Waals surface area contributed by atoms with Crippen molar-refractivity contribution < 1.29 is 9.59 Å². The number of aliphatic imine (C=N–C) groups is 1. The van der Waals surface area contributed by atoms with Crippen molar-refractivity contribution in [2.75, 3.05) is 5.32 Å². The van der Waals surface area contributed by atoms with Crippen LogP contribution < -0.4 is 5.32 Å². The summed E-state index contributed by atoms with van der Waals surface area (Å²) in [6, 6.07) is 24.3. The quantitative estimate of drug-likeness (QED) is 0.485. The Kier molecular flexibility index (Phi) is 6.74. The predicted molar refractivity (Wildman–Crippen MR) is 146 cm³/mol. The summed E-state index contributed by atoms with van der Waals surface area (Å²) in [6.07, 6.45) is 0.765. The van der Waals surface area contributed by atoms with E-state index in [1.807, 2.05) is 67.4 Å². The van der Waals surface area contributed by atoms with Gasteiger partial charge >= 0.3 is 0 Å². The minimum Gasteiger partial charge on any atom is -0.326 e. The topological polar surface area (TPSA) is 74.1 Å². The normalized spacial score (nSPS) is 19.3. The summed E-state index contributed by atoms with van der Waals surface area (Å²) in [5.41, 5.74) is 7.19. The Morgan fingerprint density at radius 2 is 1.72 bits per heavy atom. The molecule has 36 heavy (non-hydrogen) atoms. The third-order valence-corrected chi connectivity index (χ3v) is 7.57. The molecule has 0 aromatic heterocycles. The molecule has 3 aromatic carbocycles. The van der Waals surface area contributed by atoms with Crippen LogP contribution >= 0.6 is 11.8 Å². The Bertz CT molecular complexity index is 1370. The van der Waals surface area contributed by atoms with E-state index in [2.05, 4.69) is 41.5 Å². The molecule has 3 aromatic rings. The average Bonchev–Trinajstić information content (AvgIpc) is 3.46. The van der Waals surface area contributed by atoms with Gasteiger partial charge in [-0.2, -0.15) is 10.1 Å².